The second-order valence-corrected chi connectivity index (χ2v) is 10.7. The zero-order valence-electron chi connectivity index (χ0n) is 21.1. The number of carbonyl (C=O) groups excluding carboxylic acids is 2. The van der Waals surface area contributed by atoms with Gasteiger partial charge in [-0.3, -0.25) is 9.59 Å². The zero-order valence-corrected chi connectivity index (χ0v) is 21.1. The van der Waals surface area contributed by atoms with Gasteiger partial charge in [-0.25, -0.2) is 4.79 Å². The molecule has 35 heavy (non-hydrogen) atoms. The fraction of sp³-hybridized carbons (Fsp3) is 0.464. The van der Waals surface area contributed by atoms with Gasteiger partial charge in [0, 0.05) is 12.0 Å². The van der Waals surface area contributed by atoms with Gasteiger partial charge < -0.3 is 20.5 Å². The molecule has 0 saturated carbocycles. The van der Waals surface area contributed by atoms with Crippen molar-refractivity contribution in [3.05, 3.63) is 59.7 Å². The highest BCUT2D eigenvalue weighted by atomic mass is 16.5. The first-order valence-electron chi connectivity index (χ1n) is 12.1. The lowest BCUT2D eigenvalue weighted by molar-refractivity contribution is -0.138. The minimum atomic E-state index is -0.985. The first kappa shape index (κ1) is 26.3. The molecule has 0 fully saturated rings. The summed E-state index contributed by atoms with van der Waals surface area (Å²) in [5, 5.41) is 14.7. The van der Waals surface area contributed by atoms with E-state index in [0.717, 1.165) is 22.3 Å². The standard InChI is InChI=1S/C28H36N2O5/c1-17(2)23(14-25(31)32)29-26(33)24(15-28(3,4)5)30-27(34)35-16-22-20-12-8-6-10-18(20)19-11-7-9-13-21(19)22/h6-13,17,22-24H,14-16H2,1-5H3,(H,29,33)(H,30,34)(H,31,32). The molecular formula is C28H36N2O5. The van der Waals surface area contributed by atoms with E-state index in [4.69, 9.17) is 4.74 Å². The summed E-state index contributed by atoms with van der Waals surface area (Å²) < 4.78 is 5.63. The molecule has 0 aliphatic heterocycles. The maximum absolute atomic E-state index is 13.1. The van der Waals surface area contributed by atoms with E-state index >= 15 is 0 Å². The number of alkyl carbamates (subject to hydrolysis) is 1. The Bertz CT molecular complexity index is 1030. The molecule has 1 aliphatic carbocycles. The van der Waals surface area contributed by atoms with Crippen molar-refractivity contribution < 1.29 is 24.2 Å². The second kappa shape index (κ2) is 10.9. The van der Waals surface area contributed by atoms with Crippen LogP contribution >= 0.6 is 0 Å². The van der Waals surface area contributed by atoms with Crippen molar-refractivity contribution in [2.45, 2.75) is 65.5 Å². The van der Waals surface area contributed by atoms with Crippen molar-refractivity contribution in [2.75, 3.05) is 6.61 Å². The Hall–Kier alpha value is -3.35. The molecule has 7 heteroatoms. The molecule has 3 rings (SSSR count). The topological polar surface area (TPSA) is 105 Å². The van der Waals surface area contributed by atoms with Crippen LogP contribution in [0.3, 0.4) is 0 Å². The number of carboxylic acids is 1. The summed E-state index contributed by atoms with van der Waals surface area (Å²) in [6.45, 7) is 9.78. The van der Waals surface area contributed by atoms with Gasteiger partial charge in [0.15, 0.2) is 0 Å². The van der Waals surface area contributed by atoms with Crippen molar-refractivity contribution in [3.63, 3.8) is 0 Å². The van der Waals surface area contributed by atoms with Crippen LogP contribution in [0.5, 0.6) is 0 Å². The highest BCUT2D eigenvalue weighted by Crippen LogP contribution is 2.44. The van der Waals surface area contributed by atoms with E-state index in [9.17, 15) is 19.5 Å². The van der Waals surface area contributed by atoms with Crippen LogP contribution in [0.25, 0.3) is 11.1 Å². The largest absolute Gasteiger partial charge is 0.481 e. The number of amides is 2. The molecule has 188 valence electrons. The van der Waals surface area contributed by atoms with Gasteiger partial charge in [0.2, 0.25) is 5.91 Å². The maximum atomic E-state index is 13.1. The van der Waals surface area contributed by atoms with Crippen molar-refractivity contribution in [1.82, 2.24) is 10.6 Å². The van der Waals surface area contributed by atoms with Crippen molar-refractivity contribution in [3.8, 4) is 11.1 Å². The number of hydrogen-bond donors (Lipinski definition) is 3. The van der Waals surface area contributed by atoms with Gasteiger partial charge in [0.1, 0.15) is 12.6 Å². The maximum Gasteiger partial charge on any atom is 0.407 e. The summed E-state index contributed by atoms with van der Waals surface area (Å²) in [5.41, 5.74) is 4.25. The molecule has 1 aliphatic rings. The number of carboxylic acid groups (broad SMARTS) is 1. The van der Waals surface area contributed by atoms with E-state index in [1.807, 2.05) is 71.0 Å². The summed E-state index contributed by atoms with van der Waals surface area (Å²) in [4.78, 5) is 37.1. The van der Waals surface area contributed by atoms with Gasteiger partial charge in [-0.2, -0.15) is 0 Å². The normalized spacial score (nSPS) is 14.6. The molecule has 0 saturated heterocycles. The van der Waals surface area contributed by atoms with Crippen molar-refractivity contribution >= 4 is 18.0 Å². The van der Waals surface area contributed by atoms with Crippen LogP contribution in [0.4, 0.5) is 4.79 Å². The second-order valence-electron chi connectivity index (χ2n) is 10.7. The highest BCUT2D eigenvalue weighted by Gasteiger charge is 2.32. The molecule has 0 bridgehead atoms. The summed E-state index contributed by atoms with van der Waals surface area (Å²) in [6.07, 6.45) is -0.479. The summed E-state index contributed by atoms with van der Waals surface area (Å²) in [7, 11) is 0. The van der Waals surface area contributed by atoms with E-state index in [0.29, 0.717) is 6.42 Å². The minimum Gasteiger partial charge on any atom is -0.481 e. The fourth-order valence-corrected chi connectivity index (χ4v) is 4.53. The van der Waals surface area contributed by atoms with Crippen LogP contribution in [0.15, 0.2) is 48.5 Å². The molecule has 2 aromatic rings. The van der Waals surface area contributed by atoms with Gasteiger partial charge in [-0.1, -0.05) is 83.1 Å². The van der Waals surface area contributed by atoms with E-state index < -0.39 is 30.1 Å². The molecule has 2 atom stereocenters. The Balaban J connectivity index is 1.69. The lowest BCUT2D eigenvalue weighted by Gasteiger charge is -2.29. The SMILES string of the molecule is CC(C)C(CC(=O)O)NC(=O)C(CC(C)(C)C)NC(=O)OCC1c2ccccc2-c2ccccc21. The molecule has 7 nitrogen and oxygen atoms in total. The molecule has 0 spiro atoms. The molecule has 2 unspecified atom stereocenters. The number of benzene rings is 2. The summed E-state index contributed by atoms with van der Waals surface area (Å²) in [5.74, 6) is -1.54. The number of nitrogens with one attached hydrogen (secondary N) is 2. The number of fused-ring (bicyclic) bond motifs is 3. The van der Waals surface area contributed by atoms with Crippen molar-refractivity contribution in [1.29, 1.82) is 0 Å². The van der Waals surface area contributed by atoms with Crippen LogP contribution in [0, 0.1) is 11.3 Å². The first-order chi connectivity index (χ1) is 16.5. The third kappa shape index (κ3) is 6.84. The third-order valence-corrected chi connectivity index (χ3v) is 6.30. The van der Waals surface area contributed by atoms with Gasteiger partial charge in [-0.05, 0) is 40.0 Å². The highest BCUT2D eigenvalue weighted by molar-refractivity contribution is 5.86. The molecule has 0 aromatic heterocycles. The van der Waals surface area contributed by atoms with Gasteiger partial charge in [0.05, 0.1) is 6.42 Å². The Morgan fingerprint density at radius 3 is 1.97 bits per heavy atom. The number of rotatable bonds is 9. The van der Waals surface area contributed by atoms with Gasteiger partial charge in [-0.15, -0.1) is 0 Å². The minimum absolute atomic E-state index is 0.0696. The fourth-order valence-electron chi connectivity index (χ4n) is 4.53. The summed E-state index contributed by atoms with van der Waals surface area (Å²) in [6, 6.07) is 14.8. The molecule has 3 N–H and O–H groups in total. The third-order valence-electron chi connectivity index (χ3n) is 6.30. The summed E-state index contributed by atoms with van der Waals surface area (Å²) >= 11 is 0. The van der Waals surface area contributed by atoms with Crippen LogP contribution < -0.4 is 10.6 Å². The van der Waals surface area contributed by atoms with E-state index in [2.05, 4.69) is 22.8 Å². The molecule has 2 aromatic carbocycles. The predicted octanol–water partition coefficient (Wildman–Crippen LogP) is 4.95. The Kier molecular flexibility index (Phi) is 8.20. The number of hydrogen-bond acceptors (Lipinski definition) is 4. The monoisotopic (exact) mass is 480 g/mol. The first-order valence-corrected chi connectivity index (χ1v) is 12.1. The average Bonchev–Trinajstić information content (AvgIpc) is 3.09. The van der Waals surface area contributed by atoms with Crippen LogP contribution in [0.2, 0.25) is 0 Å². The smallest absolute Gasteiger partial charge is 0.407 e. The zero-order chi connectivity index (χ0) is 25.8. The Morgan fingerprint density at radius 1 is 0.943 bits per heavy atom. The van der Waals surface area contributed by atoms with Gasteiger partial charge >= 0.3 is 12.1 Å². The van der Waals surface area contributed by atoms with E-state index in [1.54, 1.807) is 0 Å². The Morgan fingerprint density at radius 2 is 1.49 bits per heavy atom. The van der Waals surface area contributed by atoms with Crippen LogP contribution in [-0.4, -0.2) is 41.8 Å². The van der Waals surface area contributed by atoms with E-state index in [-0.39, 0.29) is 30.3 Å². The predicted molar refractivity (Wildman–Crippen MR) is 135 cm³/mol. The number of carbonyl (C=O) groups is 3. The number of aliphatic carboxylic acids is 1. The molecule has 2 amide bonds. The lowest BCUT2D eigenvalue weighted by atomic mass is 9.87. The average molecular weight is 481 g/mol. The van der Waals surface area contributed by atoms with E-state index in [1.165, 1.54) is 0 Å². The Labute approximate surface area is 207 Å². The van der Waals surface area contributed by atoms with Crippen LogP contribution in [0.1, 0.15) is 64.5 Å². The van der Waals surface area contributed by atoms with Gasteiger partial charge in [0.25, 0.3) is 0 Å². The quantitative estimate of drug-likeness (QED) is 0.471. The van der Waals surface area contributed by atoms with Crippen molar-refractivity contribution in [2.24, 2.45) is 11.3 Å². The molecule has 0 radical (unpaired) electrons. The molecule has 0 heterocycles. The van der Waals surface area contributed by atoms with Crippen LogP contribution in [-0.2, 0) is 14.3 Å². The number of ether oxygens (including phenoxy) is 1. The lowest BCUT2D eigenvalue weighted by Crippen LogP contribution is -2.52. The molecular weight excluding hydrogens is 444 g/mol.